The Hall–Kier alpha value is -0.0800. The standard InChI is InChI=1S/C8H18N2.C2H6/c1-3-7-6-10-5-4-8(7)9-2;1-2/h7-10H,3-6H2,1-2H3;1-2H3. The van der Waals surface area contributed by atoms with Gasteiger partial charge in [-0.15, -0.1) is 0 Å². The van der Waals surface area contributed by atoms with E-state index in [1.807, 2.05) is 13.8 Å². The first-order valence-corrected chi connectivity index (χ1v) is 5.26. The number of rotatable bonds is 2. The van der Waals surface area contributed by atoms with Crippen molar-refractivity contribution < 1.29 is 0 Å². The molecule has 1 rings (SSSR count). The third kappa shape index (κ3) is 3.55. The van der Waals surface area contributed by atoms with E-state index >= 15 is 0 Å². The molecular weight excluding hydrogens is 148 g/mol. The molecule has 0 aromatic rings. The third-order valence-electron chi connectivity index (χ3n) is 2.50. The second kappa shape index (κ2) is 7.56. The summed E-state index contributed by atoms with van der Waals surface area (Å²) in [5, 5.41) is 6.77. The Morgan fingerprint density at radius 2 is 2.08 bits per heavy atom. The molecule has 1 aliphatic rings. The minimum atomic E-state index is 0.756. The maximum absolute atomic E-state index is 3.41. The second-order valence-corrected chi connectivity index (χ2v) is 3.06. The molecule has 0 bridgehead atoms. The van der Waals surface area contributed by atoms with Crippen molar-refractivity contribution in [3.63, 3.8) is 0 Å². The minimum Gasteiger partial charge on any atom is -0.317 e. The van der Waals surface area contributed by atoms with Crippen LogP contribution in [0.2, 0.25) is 0 Å². The molecule has 2 atom stereocenters. The van der Waals surface area contributed by atoms with Gasteiger partial charge in [0.25, 0.3) is 0 Å². The lowest BCUT2D eigenvalue weighted by Crippen LogP contribution is -2.45. The molecule has 2 heteroatoms. The van der Waals surface area contributed by atoms with Crippen LogP contribution in [0.25, 0.3) is 0 Å². The van der Waals surface area contributed by atoms with Gasteiger partial charge >= 0.3 is 0 Å². The Morgan fingerprint density at radius 3 is 2.50 bits per heavy atom. The van der Waals surface area contributed by atoms with Crippen LogP contribution in [0.3, 0.4) is 0 Å². The van der Waals surface area contributed by atoms with Gasteiger partial charge in [0.05, 0.1) is 0 Å². The van der Waals surface area contributed by atoms with E-state index in [2.05, 4.69) is 24.6 Å². The van der Waals surface area contributed by atoms with Crippen LogP contribution >= 0.6 is 0 Å². The largest absolute Gasteiger partial charge is 0.317 e. The topological polar surface area (TPSA) is 24.1 Å². The molecule has 0 aromatic carbocycles. The van der Waals surface area contributed by atoms with Gasteiger partial charge < -0.3 is 10.6 Å². The fourth-order valence-corrected chi connectivity index (χ4v) is 1.73. The van der Waals surface area contributed by atoms with Crippen LogP contribution in [-0.4, -0.2) is 26.2 Å². The van der Waals surface area contributed by atoms with Gasteiger partial charge in [-0.1, -0.05) is 27.2 Å². The van der Waals surface area contributed by atoms with Crippen LogP contribution < -0.4 is 10.6 Å². The van der Waals surface area contributed by atoms with Gasteiger partial charge in [-0.2, -0.15) is 0 Å². The molecule has 12 heavy (non-hydrogen) atoms. The molecule has 2 unspecified atom stereocenters. The molecule has 0 radical (unpaired) electrons. The summed E-state index contributed by atoms with van der Waals surface area (Å²) in [6, 6.07) is 0.756. The van der Waals surface area contributed by atoms with Crippen molar-refractivity contribution in [1.29, 1.82) is 0 Å². The molecule has 2 nitrogen and oxygen atoms in total. The number of hydrogen-bond donors (Lipinski definition) is 2. The highest BCUT2D eigenvalue weighted by atomic mass is 15.0. The predicted molar refractivity (Wildman–Crippen MR) is 55.5 cm³/mol. The van der Waals surface area contributed by atoms with E-state index in [1.165, 1.54) is 25.9 Å². The first-order chi connectivity index (χ1) is 5.88. The highest BCUT2D eigenvalue weighted by molar-refractivity contribution is 4.80. The van der Waals surface area contributed by atoms with Gasteiger partial charge in [0.15, 0.2) is 0 Å². The van der Waals surface area contributed by atoms with E-state index in [0.29, 0.717) is 0 Å². The maximum atomic E-state index is 3.41. The predicted octanol–water partition coefficient (Wildman–Crippen LogP) is 1.62. The second-order valence-electron chi connectivity index (χ2n) is 3.06. The molecule has 0 aliphatic carbocycles. The highest BCUT2D eigenvalue weighted by Crippen LogP contribution is 2.13. The average Bonchev–Trinajstić information content (AvgIpc) is 2.20. The Balaban J connectivity index is 0.000000561. The van der Waals surface area contributed by atoms with Crippen molar-refractivity contribution >= 4 is 0 Å². The third-order valence-corrected chi connectivity index (χ3v) is 2.50. The lowest BCUT2D eigenvalue weighted by molar-refractivity contribution is 0.284. The van der Waals surface area contributed by atoms with Crippen LogP contribution in [0.4, 0.5) is 0 Å². The summed E-state index contributed by atoms with van der Waals surface area (Å²) in [6.07, 6.45) is 2.58. The van der Waals surface area contributed by atoms with Gasteiger partial charge in [0.2, 0.25) is 0 Å². The van der Waals surface area contributed by atoms with Crippen LogP contribution in [0.15, 0.2) is 0 Å². The lowest BCUT2D eigenvalue weighted by atomic mass is 9.91. The zero-order valence-electron chi connectivity index (χ0n) is 8.98. The van der Waals surface area contributed by atoms with E-state index in [0.717, 1.165) is 12.0 Å². The molecular formula is C10H24N2. The first-order valence-electron chi connectivity index (χ1n) is 5.26. The first kappa shape index (κ1) is 11.9. The van der Waals surface area contributed by atoms with Crippen molar-refractivity contribution in [2.45, 2.75) is 39.7 Å². The van der Waals surface area contributed by atoms with Crippen LogP contribution in [0.5, 0.6) is 0 Å². The zero-order chi connectivity index (χ0) is 9.40. The fraction of sp³-hybridized carbons (Fsp3) is 1.00. The van der Waals surface area contributed by atoms with Gasteiger partial charge in [0.1, 0.15) is 0 Å². The monoisotopic (exact) mass is 172 g/mol. The lowest BCUT2D eigenvalue weighted by Gasteiger charge is -2.31. The molecule has 2 N–H and O–H groups in total. The summed E-state index contributed by atoms with van der Waals surface area (Å²) in [5.74, 6) is 0.846. The molecule has 0 aromatic heterocycles. The normalized spacial score (nSPS) is 29.0. The summed E-state index contributed by atoms with van der Waals surface area (Å²) in [7, 11) is 2.07. The summed E-state index contributed by atoms with van der Waals surface area (Å²) >= 11 is 0. The number of hydrogen-bond acceptors (Lipinski definition) is 2. The van der Waals surface area contributed by atoms with Gasteiger partial charge in [-0.3, -0.25) is 0 Å². The van der Waals surface area contributed by atoms with Crippen molar-refractivity contribution in [2.24, 2.45) is 5.92 Å². The van der Waals surface area contributed by atoms with Crippen LogP contribution in [0, 0.1) is 5.92 Å². The van der Waals surface area contributed by atoms with Crippen LogP contribution in [0.1, 0.15) is 33.6 Å². The highest BCUT2D eigenvalue weighted by Gasteiger charge is 2.20. The van der Waals surface area contributed by atoms with E-state index < -0.39 is 0 Å². The SMILES string of the molecule is CC.CCC1CNCCC1NC. The Bertz CT molecular complexity index is 81.8. The average molecular weight is 172 g/mol. The van der Waals surface area contributed by atoms with E-state index in [4.69, 9.17) is 0 Å². The Kier molecular flexibility index (Phi) is 7.51. The van der Waals surface area contributed by atoms with Gasteiger partial charge in [0, 0.05) is 6.04 Å². The summed E-state index contributed by atoms with van der Waals surface area (Å²) < 4.78 is 0. The molecule has 0 amide bonds. The number of piperidine rings is 1. The van der Waals surface area contributed by atoms with Gasteiger partial charge in [-0.05, 0) is 32.5 Å². The molecule has 0 spiro atoms. The smallest absolute Gasteiger partial charge is 0.0116 e. The Morgan fingerprint density at radius 1 is 1.42 bits per heavy atom. The van der Waals surface area contributed by atoms with E-state index in [9.17, 15) is 0 Å². The Labute approximate surface area is 77.1 Å². The maximum Gasteiger partial charge on any atom is 0.0116 e. The van der Waals surface area contributed by atoms with Crippen molar-refractivity contribution in [3.8, 4) is 0 Å². The van der Waals surface area contributed by atoms with Crippen molar-refractivity contribution in [3.05, 3.63) is 0 Å². The van der Waals surface area contributed by atoms with Gasteiger partial charge in [-0.25, -0.2) is 0 Å². The molecule has 1 saturated heterocycles. The molecule has 74 valence electrons. The van der Waals surface area contributed by atoms with Crippen molar-refractivity contribution in [1.82, 2.24) is 10.6 Å². The minimum absolute atomic E-state index is 0.756. The summed E-state index contributed by atoms with van der Waals surface area (Å²) in [6.45, 7) is 8.64. The van der Waals surface area contributed by atoms with E-state index in [1.54, 1.807) is 0 Å². The quantitative estimate of drug-likeness (QED) is 0.661. The fourth-order valence-electron chi connectivity index (χ4n) is 1.73. The summed E-state index contributed by atoms with van der Waals surface area (Å²) in [4.78, 5) is 0. The molecule has 1 aliphatic heterocycles. The molecule has 0 saturated carbocycles. The zero-order valence-corrected chi connectivity index (χ0v) is 8.98. The molecule has 1 fully saturated rings. The van der Waals surface area contributed by atoms with E-state index in [-0.39, 0.29) is 0 Å². The molecule has 1 heterocycles. The van der Waals surface area contributed by atoms with Crippen molar-refractivity contribution in [2.75, 3.05) is 20.1 Å². The van der Waals surface area contributed by atoms with Crippen LogP contribution in [-0.2, 0) is 0 Å². The summed E-state index contributed by atoms with van der Waals surface area (Å²) in [5.41, 5.74) is 0. The number of nitrogens with one attached hydrogen (secondary N) is 2.